The van der Waals surface area contributed by atoms with Gasteiger partial charge in [-0.2, -0.15) is 0 Å². The average molecular weight is 343 g/mol. The Morgan fingerprint density at radius 3 is 2.64 bits per heavy atom. The predicted octanol–water partition coefficient (Wildman–Crippen LogP) is 2.42. The summed E-state index contributed by atoms with van der Waals surface area (Å²) in [6.07, 6.45) is 3.85. The number of rotatable bonds is 4. The number of nitrogens with zero attached hydrogens (tertiary/aromatic N) is 2. The van der Waals surface area contributed by atoms with Crippen LogP contribution in [-0.2, 0) is 9.59 Å². The summed E-state index contributed by atoms with van der Waals surface area (Å²) >= 11 is 0. The Balaban J connectivity index is 1.65. The molecule has 0 spiro atoms. The number of piperidine rings is 2. The lowest BCUT2D eigenvalue weighted by Crippen LogP contribution is -2.58. The highest BCUT2D eigenvalue weighted by molar-refractivity contribution is 5.97. The first-order valence-corrected chi connectivity index (χ1v) is 9.48. The summed E-state index contributed by atoms with van der Waals surface area (Å²) in [5, 5.41) is 3.64. The number of amides is 2. The molecule has 2 saturated heterocycles. The van der Waals surface area contributed by atoms with Crippen LogP contribution in [0, 0.1) is 5.92 Å². The SMILES string of the molecule is CC[C@@H]1CN(C(C)=O)CC[C@H]1N[C@@H]1CCCN(c2ccccc2)C1=O. The van der Waals surface area contributed by atoms with Crippen molar-refractivity contribution in [3.63, 3.8) is 0 Å². The molecule has 0 radical (unpaired) electrons. The Morgan fingerprint density at radius 2 is 1.96 bits per heavy atom. The number of anilines is 1. The summed E-state index contributed by atoms with van der Waals surface area (Å²) < 4.78 is 0. The molecule has 0 aromatic heterocycles. The summed E-state index contributed by atoms with van der Waals surface area (Å²) in [7, 11) is 0. The second-order valence-electron chi connectivity index (χ2n) is 7.22. The summed E-state index contributed by atoms with van der Waals surface area (Å²) in [6.45, 7) is 6.19. The first kappa shape index (κ1) is 17.9. The molecule has 2 amide bonds. The number of carbonyl (C=O) groups excluding carboxylic acids is 2. The zero-order valence-electron chi connectivity index (χ0n) is 15.3. The first-order chi connectivity index (χ1) is 12.1. The molecule has 1 aromatic rings. The van der Waals surface area contributed by atoms with Gasteiger partial charge in [-0.1, -0.05) is 31.5 Å². The summed E-state index contributed by atoms with van der Waals surface area (Å²) in [5.41, 5.74) is 0.984. The average Bonchev–Trinajstić information content (AvgIpc) is 2.64. The van der Waals surface area contributed by atoms with E-state index in [0.29, 0.717) is 12.0 Å². The summed E-state index contributed by atoms with van der Waals surface area (Å²) in [5.74, 6) is 0.750. The second-order valence-corrected chi connectivity index (χ2v) is 7.22. The van der Waals surface area contributed by atoms with E-state index in [2.05, 4.69) is 12.2 Å². The van der Waals surface area contributed by atoms with Gasteiger partial charge in [0.15, 0.2) is 0 Å². The van der Waals surface area contributed by atoms with E-state index in [1.54, 1.807) is 6.92 Å². The highest BCUT2D eigenvalue weighted by Crippen LogP contribution is 2.25. The highest BCUT2D eigenvalue weighted by atomic mass is 16.2. The van der Waals surface area contributed by atoms with Crippen molar-refractivity contribution in [1.29, 1.82) is 0 Å². The second kappa shape index (κ2) is 8.00. The first-order valence-electron chi connectivity index (χ1n) is 9.48. The molecule has 5 heteroatoms. The van der Waals surface area contributed by atoms with Crippen LogP contribution >= 0.6 is 0 Å². The Bertz CT molecular complexity index is 604. The Labute approximate surface area is 150 Å². The number of benzene rings is 1. The fourth-order valence-corrected chi connectivity index (χ4v) is 4.10. The van der Waals surface area contributed by atoms with E-state index >= 15 is 0 Å². The number of hydrogen-bond acceptors (Lipinski definition) is 3. The largest absolute Gasteiger partial charge is 0.343 e. The van der Waals surface area contributed by atoms with E-state index in [0.717, 1.165) is 51.0 Å². The van der Waals surface area contributed by atoms with E-state index in [-0.39, 0.29) is 17.9 Å². The number of para-hydroxylation sites is 1. The van der Waals surface area contributed by atoms with Gasteiger partial charge in [0.1, 0.15) is 0 Å². The van der Waals surface area contributed by atoms with Gasteiger partial charge >= 0.3 is 0 Å². The van der Waals surface area contributed by atoms with Crippen LogP contribution in [0.3, 0.4) is 0 Å². The zero-order valence-corrected chi connectivity index (χ0v) is 15.3. The highest BCUT2D eigenvalue weighted by Gasteiger charge is 2.35. The lowest BCUT2D eigenvalue weighted by molar-refractivity contribution is -0.131. The molecule has 25 heavy (non-hydrogen) atoms. The molecule has 2 aliphatic rings. The lowest BCUT2D eigenvalue weighted by Gasteiger charge is -2.41. The minimum Gasteiger partial charge on any atom is -0.343 e. The fraction of sp³-hybridized carbons (Fsp3) is 0.600. The van der Waals surface area contributed by atoms with Crippen molar-refractivity contribution in [3.8, 4) is 0 Å². The van der Waals surface area contributed by atoms with Gasteiger partial charge < -0.3 is 15.1 Å². The smallest absolute Gasteiger partial charge is 0.244 e. The minimum absolute atomic E-state index is 0.114. The van der Waals surface area contributed by atoms with Crippen molar-refractivity contribution in [2.24, 2.45) is 5.92 Å². The van der Waals surface area contributed by atoms with Crippen molar-refractivity contribution in [2.75, 3.05) is 24.5 Å². The van der Waals surface area contributed by atoms with Crippen LogP contribution in [0.2, 0.25) is 0 Å². The van der Waals surface area contributed by atoms with Gasteiger partial charge in [-0.25, -0.2) is 0 Å². The molecule has 1 N–H and O–H groups in total. The van der Waals surface area contributed by atoms with Crippen LogP contribution in [0.4, 0.5) is 5.69 Å². The van der Waals surface area contributed by atoms with Gasteiger partial charge in [-0.15, -0.1) is 0 Å². The Kier molecular flexibility index (Phi) is 5.74. The fourth-order valence-electron chi connectivity index (χ4n) is 4.10. The van der Waals surface area contributed by atoms with Gasteiger partial charge in [-0.05, 0) is 37.3 Å². The molecule has 2 aliphatic heterocycles. The topological polar surface area (TPSA) is 52.7 Å². The van der Waals surface area contributed by atoms with Crippen LogP contribution in [0.5, 0.6) is 0 Å². The molecule has 3 atom stereocenters. The van der Waals surface area contributed by atoms with Crippen LogP contribution in [0.25, 0.3) is 0 Å². The third-order valence-electron chi connectivity index (χ3n) is 5.63. The normalized spacial score (nSPS) is 27.4. The summed E-state index contributed by atoms with van der Waals surface area (Å²) in [4.78, 5) is 28.5. The standard InChI is InChI=1S/C20H29N3O2/c1-3-16-14-22(15(2)24)13-11-18(16)21-19-10-7-12-23(20(19)25)17-8-5-4-6-9-17/h4-6,8-9,16,18-19,21H,3,7,10-14H2,1-2H3/t16-,18-,19-/m1/s1. The van der Waals surface area contributed by atoms with Crippen LogP contribution in [0.1, 0.15) is 39.5 Å². The molecule has 1 aromatic carbocycles. The third-order valence-corrected chi connectivity index (χ3v) is 5.63. The predicted molar refractivity (Wildman–Crippen MR) is 99.4 cm³/mol. The monoisotopic (exact) mass is 343 g/mol. The molecule has 0 unspecified atom stereocenters. The Hall–Kier alpha value is -1.88. The molecule has 0 saturated carbocycles. The number of likely N-dealkylation sites (tertiary alicyclic amines) is 1. The van der Waals surface area contributed by atoms with Gasteiger partial charge in [0.25, 0.3) is 0 Å². The molecule has 0 bridgehead atoms. The molecule has 2 fully saturated rings. The zero-order chi connectivity index (χ0) is 17.8. The summed E-state index contributed by atoms with van der Waals surface area (Å²) in [6, 6.07) is 10.1. The van der Waals surface area contributed by atoms with Crippen molar-refractivity contribution in [2.45, 2.75) is 51.6 Å². The molecule has 0 aliphatic carbocycles. The third kappa shape index (κ3) is 4.03. The van der Waals surface area contributed by atoms with Gasteiger partial charge in [0.2, 0.25) is 11.8 Å². The maximum Gasteiger partial charge on any atom is 0.244 e. The van der Waals surface area contributed by atoms with Gasteiger partial charge in [0, 0.05) is 38.3 Å². The van der Waals surface area contributed by atoms with E-state index < -0.39 is 0 Å². The molecule has 5 nitrogen and oxygen atoms in total. The van der Waals surface area contributed by atoms with Crippen LogP contribution in [0.15, 0.2) is 30.3 Å². The molecular formula is C20H29N3O2. The van der Waals surface area contributed by atoms with E-state index in [4.69, 9.17) is 0 Å². The molecule has 3 rings (SSSR count). The van der Waals surface area contributed by atoms with Crippen molar-refractivity contribution in [1.82, 2.24) is 10.2 Å². The van der Waals surface area contributed by atoms with Gasteiger partial charge in [0.05, 0.1) is 6.04 Å². The maximum atomic E-state index is 13.0. The van der Waals surface area contributed by atoms with E-state index in [1.165, 1.54) is 0 Å². The quantitative estimate of drug-likeness (QED) is 0.913. The number of nitrogens with one attached hydrogen (secondary N) is 1. The Morgan fingerprint density at radius 1 is 1.20 bits per heavy atom. The number of carbonyl (C=O) groups is 2. The minimum atomic E-state index is -0.114. The van der Waals surface area contributed by atoms with Crippen LogP contribution in [-0.4, -0.2) is 48.4 Å². The van der Waals surface area contributed by atoms with E-state index in [9.17, 15) is 9.59 Å². The molecule has 136 valence electrons. The van der Waals surface area contributed by atoms with Crippen molar-refractivity contribution >= 4 is 17.5 Å². The van der Waals surface area contributed by atoms with Crippen LogP contribution < -0.4 is 10.2 Å². The maximum absolute atomic E-state index is 13.0. The van der Waals surface area contributed by atoms with Crippen molar-refractivity contribution in [3.05, 3.63) is 30.3 Å². The van der Waals surface area contributed by atoms with Gasteiger partial charge in [-0.3, -0.25) is 9.59 Å². The molecule has 2 heterocycles. The molecular weight excluding hydrogens is 314 g/mol. The van der Waals surface area contributed by atoms with Crippen molar-refractivity contribution < 1.29 is 9.59 Å². The lowest BCUT2D eigenvalue weighted by atomic mass is 9.88. The van der Waals surface area contributed by atoms with E-state index in [1.807, 2.05) is 40.1 Å². The number of hydrogen-bond donors (Lipinski definition) is 1.